The molecule has 3 aromatic rings. The molecule has 3 aromatic carbocycles. The standard InChI is InChI=1S/C25H27NO3/c1-18(2)29-17-19-9-11-22(12-10-19)25(27)26-24(20-7-5-4-6-8-20)21-13-15-23(28-3)16-14-21/h4-16,18,24H,17H2,1-3H3,(H,26,27)/t24-/m0/s1. The fourth-order valence-corrected chi connectivity index (χ4v) is 3.03. The first-order valence-corrected chi connectivity index (χ1v) is 9.77. The number of hydrogen-bond acceptors (Lipinski definition) is 3. The first-order valence-electron chi connectivity index (χ1n) is 9.77. The maximum absolute atomic E-state index is 12.9. The van der Waals surface area contributed by atoms with Gasteiger partial charge in [-0.3, -0.25) is 4.79 Å². The Kier molecular flexibility index (Phi) is 7.04. The Balaban J connectivity index is 1.79. The van der Waals surface area contributed by atoms with Gasteiger partial charge in [0, 0.05) is 5.56 Å². The predicted molar refractivity (Wildman–Crippen MR) is 115 cm³/mol. The number of rotatable bonds is 8. The molecule has 0 aromatic heterocycles. The molecule has 1 amide bonds. The first kappa shape index (κ1) is 20.6. The van der Waals surface area contributed by atoms with Gasteiger partial charge < -0.3 is 14.8 Å². The minimum Gasteiger partial charge on any atom is -0.497 e. The van der Waals surface area contributed by atoms with E-state index in [1.807, 2.05) is 92.7 Å². The number of carbonyl (C=O) groups is 1. The molecule has 0 aliphatic carbocycles. The van der Waals surface area contributed by atoms with Crippen molar-refractivity contribution in [3.8, 4) is 5.75 Å². The van der Waals surface area contributed by atoms with E-state index >= 15 is 0 Å². The molecule has 0 saturated heterocycles. The second kappa shape index (κ2) is 9.89. The minimum atomic E-state index is -0.251. The van der Waals surface area contributed by atoms with E-state index in [9.17, 15) is 4.79 Å². The van der Waals surface area contributed by atoms with Crippen molar-refractivity contribution in [2.24, 2.45) is 0 Å². The number of benzene rings is 3. The Morgan fingerprint density at radius 2 is 1.48 bits per heavy atom. The van der Waals surface area contributed by atoms with Crippen molar-refractivity contribution in [1.82, 2.24) is 5.32 Å². The van der Waals surface area contributed by atoms with Crippen LogP contribution in [0.4, 0.5) is 0 Å². The Morgan fingerprint density at radius 3 is 2.07 bits per heavy atom. The molecule has 0 unspecified atom stereocenters. The zero-order valence-electron chi connectivity index (χ0n) is 17.1. The van der Waals surface area contributed by atoms with Gasteiger partial charge in [0.25, 0.3) is 5.91 Å². The first-order chi connectivity index (χ1) is 14.1. The van der Waals surface area contributed by atoms with Crippen LogP contribution in [0.5, 0.6) is 5.75 Å². The van der Waals surface area contributed by atoms with Gasteiger partial charge in [-0.05, 0) is 54.8 Å². The maximum atomic E-state index is 12.9. The van der Waals surface area contributed by atoms with E-state index in [0.29, 0.717) is 12.2 Å². The van der Waals surface area contributed by atoms with E-state index in [1.165, 1.54) is 0 Å². The number of hydrogen-bond donors (Lipinski definition) is 1. The van der Waals surface area contributed by atoms with Crippen LogP contribution in [0.2, 0.25) is 0 Å². The molecule has 3 rings (SSSR count). The molecule has 29 heavy (non-hydrogen) atoms. The fourth-order valence-electron chi connectivity index (χ4n) is 3.03. The quantitative estimate of drug-likeness (QED) is 0.580. The highest BCUT2D eigenvalue weighted by molar-refractivity contribution is 5.94. The minimum absolute atomic E-state index is 0.119. The van der Waals surface area contributed by atoms with Crippen molar-refractivity contribution in [2.45, 2.75) is 32.6 Å². The van der Waals surface area contributed by atoms with Gasteiger partial charge in [-0.25, -0.2) is 0 Å². The van der Waals surface area contributed by atoms with Gasteiger partial charge in [0.05, 0.1) is 25.9 Å². The third-order valence-electron chi connectivity index (χ3n) is 4.66. The van der Waals surface area contributed by atoms with Gasteiger partial charge in [0.2, 0.25) is 0 Å². The van der Waals surface area contributed by atoms with Crippen LogP contribution in [-0.4, -0.2) is 19.1 Å². The second-order valence-corrected chi connectivity index (χ2v) is 7.15. The topological polar surface area (TPSA) is 47.6 Å². The Labute approximate surface area is 172 Å². The van der Waals surface area contributed by atoms with E-state index in [0.717, 1.165) is 22.4 Å². The molecule has 0 radical (unpaired) electrons. The lowest BCUT2D eigenvalue weighted by atomic mass is 9.98. The van der Waals surface area contributed by atoms with Crippen LogP contribution in [0.15, 0.2) is 78.9 Å². The molecule has 150 valence electrons. The SMILES string of the molecule is COc1ccc([C@@H](NC(=O)c2ccc(COC(C)C)cc2)c2ccccc2)cc1. The molecule has 0 bridgehead atoms. The summed E-state index contributed by atoms with van der Waals surface area (Å²) >= 11 is 0. The summed E-state index contributed by atoms with van der Waals surface area (Å²) in [5.41, 5.74) is 3.68. The molecule has 4 nitrogen and oxygen atoms in total. The highest BCUT2D eigenvalue weighted by atomic mass is 16.5. The van der Waals surface area contributed by atoms with Crippen LogP contribution in [-0.2, 0) is 11.3 Å². The van der Waals surface area contributed by atoms with E-state index in [-0.39, 0.29) is 18.1 Å². The summed E-state index contributed by atoms with van der Waals surface area (Å²) in [6.07, 6.45) is 0.175. The molecule has 0 aliphatic heterocycles. The van der Waals surface area contributed by atoms with E-state index in [1.54, 1.807) is 7.11 Å². The van der Waals surface area contributed by atoms with Crippen molar-refractivity contribution in [3.05, 3.63) is 101 Å². The van der Waals surface area contributed by atoms with Crippen molar-refractivity contribution in [1.29, 1.82) is 0 Å². The van der Waals surface area contributed by atoms with Crippen LogP contribution in [0.25, 0.3) is 0 Å². The molecule has 1 atom stereocenters. The predicted octanol–water partition coefficient (Wildman–Crippen LogP) is 5.14. The Hall–Kier alpha value is -3.11. The molecule has 0 fully saturated rings. The van der Waals surface area contributed by atoms with Crippen LogP contribution < -0.4 is 10.1 Å². The number of methoxy groups -OCH3 is 1. The largest absolute Gasteiger partial charge is 0.497 e. The van der Waals surface area contributed by atoms with Gasteiger partial charge >= 0.3 is 0 Å². The lowest BCUT2D eigenvalue weighted by Crippen LogP contribution is -2.29. The summed E-state index contributed by atoms with van der Waals surface area (Å²) in [6.45, 7) is 4.55. The summed E-state index contributed by atoms with van der Waals surface area (Å²) in [7, 11) is 1.64. The van der Waals surface area contributed by atoms with Crippen LogP contribution >= 0.6 is 0 Å². The highest BCUT2D eigenvalue weighted by Gasteiger charge is 2.18. The third-order valence-corrected chi connectivity index (χ3v) is 4.66. The van der Waals surface area contributed by atoms with Gasteiger partial charge in [0.1, 0.15) is 5.75 Å². The smallest absolute Gasteiger partial charge is 0.252 e. The zero-order chi connectivity index (χ0) is 20.6. The molecule has 0 spiro atoms. The van der Waals surface area contributed by atoms with Crippen molar-refractivity contribution in [2.75, 3.05) is 7.11 Å². The third kappa shape index (κ3) is 5.69. The van der Waals surface area contributed by atoms with E-state index in [4.69, 9.17) is 9.47 Å². The molecule has 0 saturated carbocycles. The van der Waals surface area contributed by atoms with Gasteiger partial charge in [-0.15, -0.1) is 0 Å². The van der Waals surface area contributed by atoms with Gasteiger partial charge in [0.15, 0.2) is 0 Å². The Morgan fingerprint density at radius 1 is 0.862 bits per heavy atom. The van der Waals surface area contributed by atoms with Crippen molar-refractivity contribution in [3.63, 3.8) is 0 Å². The molecular formula is C25H27NO3. The fraction of sp³-hybridized carbons (Fsp3) is 0.240. The lowest BCUT2D eigenvalue weighted by Gasteiger charge is -2.20. The summed E-state index contributed by atoms with van der Waals surface area (Å²) < 4.78 is 10.9. The monoisotopic (exact) mass is 389 g/mol. The summed E-state index contributed by atoms with van der Waals surface area (Å²) in [6, 6.07) is 25.0. The average Bonchev–Trinajstić information content (AvgIpc) is 2.77. The normalized spacial score (nSPS) is 11.9. The Bertz CT molecular complexity index is 903. The van der Waals surface area contributed by atoms with Gasteiger partial charge in [-0.2, -0.15) is 0 Å². The molecule has 0 aliphatic rings. The summed E-state index contributed by atoms with van der Waals surface area (Å²) in [5, 5.41) is 3.16. The maximum Gasteiger partial charge on any atom is 0.252 e. The summed E-state index contributed by atoms with van der Waals surface area (Å²) in [5.74, 6) is 0.664. The molecule has 1 N–H and O–H groups in total. The van der Waals surface area contributed by atoms with Crippen molar-refractivity contribution < 1.29 is 14.3 Å². The van der Waals surface area contributed by atoms with Crippen LogP contribution in [0.1, 0.15) is 46.9 Å². The molecular weight excluding hydrogens is 362 g/mol. The molecule has 4 heteroatoms. The number of amides is 1. The summed E-state index contributed by atoms with van der Waals surface area (Å²) in [4.78, 5) is 12.9. The number of nitrogens with one attached hydrogen (secondary N) is 1. The van der Waals surface area contributed by atoms with Crippen LogP contribution in [0.3, 0.4) is 0 Å². The van der Waals surface area contributed by atoms with E-state index < -0.39 is 0 Å². The van der Waals surface area contributed by atoms with Gasteiger partial charge in [-0.1, -0.05) is 54.6 Å². The lowest BCUT2D eigenvalue weighted by molar-refractivity contribution is 0.0656. The van der Waals surface area contributed by atoms with Crippen LogP contribution in [0, 0.1) is 0 Å². The number of ether oxygens (including phenoxy) is 2. The highest BCUT2D eigenvalue weighted by Crippen LogP contribution is 2.24. The van der Waals surface area contributed by atoms with Crippen molar-refractivity contribution >= 4 is 5.91 Å². The van der Waals surface area contributed by atoms with E-state index in [2.05, 4.69) is 5.32 Å². The zero-order valence-corrected chi connectivity index (χ0v) is 17.1. The average molecular weight is 389 g/mol. The number of carbonyl (C=O) groups excluding carboxylic acids is 1. The molecule has 0 heterocycles. The second-order valence-electron chi connectivity index (χ2n) is 7.15.